The fourth-order valence-electron chi connectivity index (χ4n) is 2.73. The molecule has 27 heavy (non-hydrogen) atoms. The number of pyridine rings is 2. The summed E-state index contributed by atoms with van der Waals surface area (Å²) in [7, 11) is 1.58. The molecule has 8 nitrogen and oxygen atoms in total. The number of fused-ring (bicyclic) bond motifs is 1. The van der Waals surface area contributed by atoms with Gasteiger partial charge in [-0.15, -0.1) is 0 Å². The quantitative estimate of drug-likeness (QED) is 0.748. The lowest BCUT2D eigenvalue weighted by molar-refractivity contribution is -0.116. The molecule has 3 aromatic heterocycles. The molecular weight excluding hydrogens is 344 g/mol. The van der Waals surface area contributed by atoms with Crippen molar-refractivity contribution in [2.45, 2.75) is 26.8 Å². The van der Waals surface area contributed by atoms with Crippen LogP contribution in [0.3, 0.4) is 0 Å². The van der Waals surface area contributed by atoms with Crippen molar-refractivity contribution in [3.8, 4) is 0 Å². The van der Waals surface area contributed by atoms with Gasteiger partial charge in [0, 0.05) is 30.9 Å². The topological polar surface area (TPSA) is 93.0 Å². The zero-order valence-electron chi connectivity index (χ0n) is 15.8. The van der Waals surface area contributed by atoms with Gasteiger partial charge in [0.1, 0.15) is 5.82 Å². The number of anilines is 1. The Morgan fingerprint density at radius 2 is 2.00 bits per heavy atom. The summed E-state index contributed by atoms with van der Waals surface area (Å²) >= 11 is 0. The van der Waals surface area contributed by atoms with Gasteiger partial charge in [0.25, 0.3) is 5.91 Å². The van der Waals surface area contributed by atoms with Crippen molar-refractivity contribution in [3.63, 3.8) is 0 Å². The van der Waals surface area contributed by atoms with Crippen molar-refractivity contribution in [3.05, 3.63) is 47.9 Å². The average molecular weight is 366 g/mol. The summed E-state index contributed by atoms with van der Waals surface area (Å²) in [5.74, 6) is -0.135. The number of carbonyl (C=O) groups is 2. The van der Waals surface area contributed by atoms with Gasteiger partial charge < -0.3 is 10.2 Å². The Hall–Kier alpha value is -3.29. The molecule has 1 N–H and O–H groups in total. The first-order valence-electron chi connectivity index (χ1n) is 8.66. The molecule has 0 unspecified atom stereocenters. The zero-order valence-corrected chi connectivity index (χ0v) is 15.8. The number of hydrogen-bond donors (Lipinski definition) is 1. The van der Waals surface area contributed by atoms with Gasteiger partial charge in [0.05, 0.1) is 18.3 Å². The molecule has 140 valence electrons. The number of carbonyl (C=O) groups excluding carboxylic acids is 2. The lowest BCUT2D eigenvalue weighted by Gasteiger charge is -2.16. The second-order valence-electron chi connectivity index (χ2n) is 6.75. The first kappa shape index (κ1) is 18.5. The summed E-state index contributed by atoms with van der Waals surface area (Å²) in [5, 5.41) is 7.78. The summed E-state index contributed by atoms with van der Waals surface area (Å²) in [4.78, 5) is 34.6. The first-order valence-corrected chi connectivity index (χ1v) is 8.66. The second kappa shape index (κ2) is 7.53. The van der Waals surface area contributed by atoms with Crippen LogP contribution in [0.1, 0.15) is 35.8 Å². The summed E-state index contributed by atoms with van der Waals surface area (Å²) in [6, 6.07) is 5.53. The van der Waals surface area contributed by atoms with E-state index < -0.39 is 0 Å². The van der Waals surface area contributed by atoms with Crippen LogP contribution in [-0.2, 0) is 4.79 Å². The van der Waals surface area contributed by atoms with Crippen molar-refractivity contribution in [2.24, 2.45) is 0 Å². The van der Waals surface area contributed by atoms with E-state index in [1.165, 1.54) is 11.1 Å². The summed E-state index contributed by atoms with van der Waals surface area (Å²) < 4.78 is 1.80. The van der Waals surface area contributed by atoms with Crippen molar-refractivity contribution < 1.29 is 9.59 Å². The lowest BCUT2D eigenvalue weighted by Crippen LogP contribution is -2.35. The van der Waals surface area contributed by atoms with E-state index >= 15 is 0 Å². The molecule has 0 radical (unpaired) electrons. The molecule has 0 saturated carbocycles. The van der Waals surface area contributed by atoms with E-state index in [1.54, 1.807) is 36.3 Å². The highest BCUT2D eigenvalue weighted by Gasteiger charge is 2.17. The van der Waals surface area contributed by atoms with E-state index in [-0.39, 0.29) is 24.4 Å². The molecule has 0 aromatic carbocycles. The molecule has 3 aromatic rings. The van der Waals surface area contributed by atoms with Gasteiger partial charge in [-0.1, -0.05) is 0 Å². The molecule has 0 aliphatic heterocycles. The maximum atomic E-state index is 12.6. The standard InChI is InChI=1S/C19H22N6O2/c1-12(2)25-18-14(10-22-25)8-15(9-21-18)19(27)24(4)11-17(26)23-16-7-13(3)5-6-20-16/h5-10,12H,11H2,1-4H3,(H,20,23,26). The average Bonchev–Trinajstić information content (AvgIpc) is 3.04. The maximum Gasteiger partial charge on any atom is 0.255 e. The smallest absolute Gasteiger partial charge is 0.255 e. The fourth-order valence-corrected chi connectivity index (χ4v) is 2.73. The summed E-state index contributed by atoms with van der Waals surface area (Å²) in [5.41, 5.74) is 2.13. The Morgan fingerprint density at radius 3 is 2.70 bits per heavy atom. The van der Waals surface area contributed by atoms with Crippen LogP contribution >= 0.6 is 0 Å². The van der Waals surface area contributed by atoms with Gasteiger partial charge >= 0.3 is 0 Å². The van der Waals surface area contributed by atoms with Gasteiger partial charge in [-0.05, 0) is 44.5 Å². The van der Waals surface area contributed by atoms with Crippen LogP contribution in [-0.4, -0.2) is 50.1 Å². The van der Waals surface area contributed by atoms with Crippen LogP contribution in [0.2, 0.25) is 0 Å². The number of amides is 2. The molecule has 3 heterocycles. The van der Waals surface area contributed by atoms with Crippen LogP contribution in [0.15, 0.2) is 36.8 Å². The molecule has 2 amide bonds. The van der Waals surface area contributed by atoms with Crippen molar-refractivity contribution >= 4 is 28.7 Å². The molecule has 0 aliphatic rings. The third kappa shape index (κ3) is 4.11. The number of hydrogen-bond acceptors (Lipinski definition) is 5. The molecular formula is C19H22N6O2. The highest BCUT2D eigenvalue weighted by atomic mass is 16.2. The Morgan fingerprint density at radius 1 is 1.22 bits per heavy atom. The maximum absolute atomic E-state index is 12.6. The fraction of sp³-hybridized carbons (Fsp3) is 0.316. The van der Waals surface area contributed by atoms with Crippen LogP contribution in [0.25, 0.3) is 11.0 Å². The number of rotatable bonds is 5. The normalized spacial score (nSPS) is 11.0. The monoisotopic (exact) mass is 366 g/mol. The van der Waals surface area contributed by atoms with Crippen LogP contribution in [0.4, 0.5) is 5.82 Å². The van der Waals surface area contributed by atoms with E-state index in [9.17, 15) is 9.59 Å². The highest BCUT2D eigenvalue weighted by Crippen LogP contribution is 2.17. The van der Waals surface area contributed by atoms with Gasteiger partial charge in [0.2, 0.25) is 5.91 Å². The number of aromatic nitrogens is 4. The second-order valence-corrected chi connectivity index (χ2v) is 6.75. The molecule has 3 rings (SSSR count). The van der Waals surface area contributed by atoms with Crippen LogP contribution < -0.4 is 5.32 Å². The first-order chi connectivity index (χ1) is 12.8. The van der Waals surface area contributed by atoms with E-state index in [0.717, 1.165) is 16.6 Å². The summed E-state index contributed by atoms with van der Waals surface area (Å²) in [6.07, 6.45) is 4.83. The third-order valence-corrected chi connectivity index (χ3v) is 4.08. The Kier molecular flexibility index (Phi) is 5.16. The molecule has 0 atom stereocenters. The Balaban J connectivity index is 1.69. The largest absolute Gasteiger partial charge is 0.332 e. The van der Waals surface area contributed by atoms with E-state index in [4.69, 9.17) is 0 Å². The molecule has 0 fully saturated rings. The van der Waals surface area contributed by atoms with Gasteiger partial charge in [0.15, 0.2) is 5.65 Å². The molecule has 8 heteroatoms. The molecule has 0 saturated heterocycles. The Bertz CT molecular complexity index is 995. The minimum atomic E-state index is -0.314. The molecule has 0 aliphatic carbocycles. The van der Waals surface area contributed by atoms with E-state index in [1.807, 2.05) is 26.8 Å². The molecule has 0 spiro atoms. The van der Waals surface area contributed by atoms with Gasteiger partial charge in [-0.25, -0.2) is 14.6 Å². The minimum absolute atomic E-state index is 0.0856. The number of likely N-dealkylation sites (N-methyl/N-ethyl adjacent to an activating group) is 1. The Labute approximate surface area is 157 Å². The molecule has 0 bridgehead atoms. The predicted octanol–water partition coefficient (Wildman–Crippen LogP) is 2.43. The number of nitrogens with one attached hydrogen (secondary N) is 1. The van der Waals surface area contributed by atoms with Crippen molar-refractivity contribution in [2.75, 3.05) is 18.9 Å². The zero-order chi connectivity index (χ0) is 19.6. The van der Waals surface area contributed by atoms with Crippen molar-refractivity contribution in [1.29, 1.82) is 0 Å². The lowest BCUT2D eigenvalue weighted by atomic mass is 10.2. The third-order valence-electron chi connectivity index (χ3n) is 4.08. The number of nitrogens with zero attached hydrogens (tertiary/aromatic N) is 5. The van der Waals surface area contributed by atoms with Crippen LogP contribution in [0.5, 0.6) is 0 Å². The van der Waals surface area contributed by atoms with E-state index in [0.29, 0.717) is 11.4 Å². The minimum Gasteiger partial charge on any atom is -0.332 e. The highest BCUT2D eigenvalue weighted by molar-refractivity contribution is 6.00. The predicted molar refractivity (Wildman–Crippen MR) is 102 cm³/mol. The van der Waals surface area contributed by atoms with Gasteiger partial charge in [-0.3, -0.25) is 9.59 Å². The SMILES string of the molecule is Cc1ccnc(NC(=O)CN(C)C(=O)c2cnc3c(cnn3C(C)C)c2)c1. The van der Waals surface area contributed by atoms with Crippen LogP contribution in [0, 0.1) is 6.92 Å². The van der Waals surface area contributed by atoms with E-state index in [2.05, 4.69) is 20.4 Å². The number of aryl methyl sites for hydroxylation is 1. The summed E-state index contributed by atoms with van der Waals surface area (Å²) in [6.45, 7) is 5.86. The van der Waals surface area contributed by atoms with Gasteiger partial charge in [-0.2, -0.15) is 5.10 Å². The van der Waals surface area contributed by atoms with Crippen molar-refractivity contribution in [1.82, 2.24) is 24.6 Å².